The lowest BCUT2D eigenvalue weighted by Gasteiger charge is -2.41. The molecule has 11 heteroatoms. The van der Waals surface area contributed by atoms with E-state index in [0.717, 1.165) is 38.4 Å². The van der Waals surface area contributed by atoms with Crippen molar-refractivity contribution in [1.29, 1.82) is 0 Å². The molecule has 2 aliphatic rings. The summed E-state index contributed by atoms with van der Waals surface area (Å²) in [7, 11) is -3.89. The highest BCUT2D eigenvalue weighted by atomic mass is 35.5. The van der Waals surface area contributed by atoms with Crippen molar-refractivity contribution in [2.75, 3.05) is 31.2 Å². The largest absolute Gasteiger partial charge is 0.379 e. The number of hydrogen-bond donors (Lipinski definition) is 2. The molecule has 3 heterocycles. The van der Waals surface area contributed by atoms with Crippen molar-refractivity contribution in [3.05, 3.63) is 35.6 Å². The van der Waals surface area contributed by atoms with E-state index in [1.807, 2.05) is 0 Å². The fourth-order valence-electron chi connectivity index (χ4n) is 3.80. The van der Waals surface area contributed by atoms with E-state index in [4.69, 9.17) is 27.2 Å². The molecule has 156 valence electrons. The first kappa shape index (κ1) is 20.8. The molecule has 0 unspecified atom stereocenters. The highest BCUT2D eigenvalue weighted by molar-refractivity contribution is 7.99. The van der Waals surface area contributed by atoms with E-state index in [2.05, 4.69) is 14.9 Å². The molecule has 0 saturated carbocycles. The number of aromatic nitrogens is 2. The van der Waals surface area contributed by atoms with Gasteiger partial charge < -0.3 is 15.4 Å². The van der Waals surface area contributed by atoms with E-state index >= 15 is 0 Å². The van der Waals surface area contributed by atoms with E-state index < -0.39 is 10.0 Å². The number of nitrogens with zero attached hydrogens (tertiary/aromatic N) is 3. The Morgan fingerprint density at radius 1 is 1.24 bits per heavy atom. The van der Waals surface area contributed by atoms with Crippen molar-refractivity contribution in [2.24, 2.45) is 16.3 Å². The molecule has 1 aromatic heterocycles. The van der Waals surface area contributed by atoms with Crippen LogP contribution in [0.2, 0.25) is 5.02 Å². The number of piperidine rings is 1. The molecule has 2 saturated heterocycles. The van der Waals surface area contributed by atoms with Gasteiger partial charge in [-0.3, -0.25) is 0 Å². The highest BCUT2D eigenvalue weighted by Gasteiger charge is 2.44. The standard InChI is InChI=1S/C18H22ClN5O3S2/c19-17-12(2-1-3-13(17)29(21,25)26)28-16-9-22-15(8-23-16)24-6-4-18(5-7-24)11-27-10-14(18)20/h1-3,8-9,14H,4-7,10-11,20H2,(H2,21,25,26)/t14-/m1/s1. The second kappa shape index (κ2) is 8.01. The van der Waals surface area contributed by atoms with Gasteiger partial charge in [0.2, 0.25) is 10.0 Å². The van der Waals surface area contributed by atoms with Crippen LogP contribution >= 0.6 is 23.4 Å². The van der Waals surface area contributed by atoms with Crippen LogP contribution < -0.4 is 15.8 Å². The summed E-state index contributed by atoms with van der Waals surface area (Å²) in [6.07, 6.45) is 5.34. The lowest BCUT2D eigenvalue weighted by atomic mass is 9.75. The minimum absolute atomic E-state index is 0.0855. The van der Waals surface area contributed by atoms with Gasteiger partial charge >= 0.3 is 0 Å². The van der Waals surface area contributed by atoms with Crippen LogP contribution in [0.5, 0.6) is 0 Å². The van der Waals surface area contributed by atoms with Gasteiger partial charge in [-0.15, -0.1) is 0 Å². The van der Waals surface area contributed by atoms with Crippen molar-refractivity contribution in [3.63, 3.8) is 0 Å². The number of primary sulfonamides is 1. The van der Waals surface area contributed by atoms with Gasteiger partial charge in [-0.05, 0) is 25.0 Å². The van der Waals surface area contributed by atoms with Crippen LogP contribution in [0, 0.1) is 5.41 Å². The van der Waals surface area contributed by atoms with Crippen LogP contribution in [0.4, 0.5) is 5.82 Å². The Morgan fingerprint density at radius 3 is 2.59 bits per heavy atom. The average Bonchev–Trinajstić information content (AvgIpc) is 3.04. The Hall–Kier alpha value is -1.43. The number of nitrogens with two attached hydrogens (primary N) is 2. The second-order valence-electron chi connectivity index (χ2n) is 7.40. The molecule has 8 nitrogen and oxygen atoms in total. The molecule has 4 N–H and O–H groups in total. The zero-order chi connectivity index (χ0) is 20.6. The first-order valence-electron chi connectivity index (χ1n) is 9.18. The smallest absolute Gasteiger partial charge is 0.239 e. The molecule has 29 heavy (non-hydrogen) atoms. The monoisotopic (exact) mass is 455 g/mol. The van der Waals surface area contributed by atoms with Gasteiger partial charge in [-0.25, -0.2) is 23.5 Å². The van der Waals surface area contributed by atoms with Crippen LogP contribution in [-0.2, 0) is 14.8 Å². The summed E-state index contributed by atoms with van der Waals surface area (Å²) in [6, 6.07) is 4.79. The normalized spacial score (nSPS) is 21.6. The minimum Gasteiger partial charge on any atom is -0.379 e. The van der Waals surface area contributed by atoms with Gasteiger partial charge in [0.15, 0.2) is 0 Å². The Kier molecular flexibility index (Phi) is 5.75. The number of rotatable bonds is 4. The summed E-state index contributed by atoms with van der Waals surface area (Å²) in [4.78, 5) is 11.6. The van der Waals surface area contributed by atoms with Crippen LogP contribution in [0.15, 0.2) is 45.4 Å². The quantitative estimate of drug-likeness (QED) is 0.715. The third-order valence-corrected chi connectivity index (χ3v) is 8.18. The van der Waals surface area contributed by atoms with Crippen molar-refractivity contribution in [1.82, 2.24) is 9.97 Å². The van der Waals surface area contributed by atoms with Gasteiger partial charge in [0.25, 0.3) is 0 Å². The molecule has 0 bridgehead atoms. The maximum absolute atomic E-state index is 11.6. The molecule has 1 spiro atoms. The number of benzene rings is 1. The molecular formula is C18H22ClN5O3S2. The summed E-state index contributed by atoms with van der Waals surface area (Å²) in [6.45, 7) is 3.10. The van der Waals surface area contributed by atoms with E-state index in [1.165, 1.54) is 17.8 Å². The predicted molar refractivity (Wildman–Crippen MR) is 112 cm³/mol. The van der Waals surface area contributed by atoms with E-state index in [-0.39, 0.29) is 21.4 Å². The zero-order valence-corrected chi connectivity index (χ0v) is 18.0. The number of sulfonamides is 1. The van der Waals surface area contributed by atoms with Crippen molar-refractivity contribution in [2.45, 2.75) is 33.7 Å². The number of halogens is 1. The van der Waals surface area contributed by atoms with E-state index in [1.54, 1.807) is 24.5 Å². The summed E-state index contributed by atoms with van der Waals surface area (Å²) < 4.78 is 28.8. The summed E-state index contributed by atoms with van der Waals surface area (Å²) in [5.41, 5.74) is 6.33. The third kappa shape index (κ3) is 4.23. The Balaban J connectivity index is 1.44. The lowest BCUT2D eigenvalue weighted by molar-refractivity contribution is 0.131. The molecule has 4 rings (SSSR count). The second-order valence-corrected chi connectivity index (χ2v) is 10.4. The van der Waals surface area contributed by atoms with Gasteiger partial charge in [-0.2, -0.15) is 0 Å². The molecule has 0 radical (unpaired) electrons. The van der Waals surface area contributed by atoms with Gasteiger partial charge in [0, 0.05) is 29.4 Å². The molecule has 2 aliphatic heterocycles. The lowest BCUT2D eigenvalue weighted by Crippen LogP contribution is -2.49. The van der Waals surface area contributed by atoms with Crippen LogP contribution in [0.25, 0.3) is 0 Å². The number of anilines is 1. The van der Waals surface area contributed by atoms with Gasteiger partial charge in [0.1, 0.15) is 15.7 Å². The SMILES string of the molecule is N[C@@H]1COCC12CCN(c1cnc(Sc3cccc(S(N)(=O)=O)c3Cl)cn1)CC2. The molecular weight excluding hydrogens is 434 g/mol. The molecule has 2 fully saturated rings. The first-order chi connectivity index (χ1) is 13.8. The summed E-state index contributed by atoms with van der Waals surface area (Å²) >= 11 is 7.45. The maximum Gasteiger partial charge on any atom is 0.239 e. The van der Waals surface area contributed by atoms with Gasteiger partial charge in [-0.1, -0.05) is 29.4 Å². The van der Waals surface area contributed by atoms with Crippen molar-refractivity contribution < 1.29 is 13.2 Å². The van der Waals surface area contributed by atoms with E-state index in [0.29, 0.717) is 16.5 Å². The topological polar surface area (TPSA) is 124 Å². The summed E-state index contributed by atoms with van der Waals surface area (Å²) in [5.74, 6) is 0.807. The molecule has 0 amide bonds. The third-order valence-electron chi connectivity index (χ3n) is 5.62. The minimum atomic E-state index is -3.89. The Morgan fingerprint density at radius 2 is 2.00 bits per heavy atom. The number of hydrogen-bond acceptors (Lipinski definition) is 8. The molecule has 1 atom stereocenters. The van der Waals surface area contributed by atoms with Crippen LogP contribution in [-0.4, -0.2) is 50.7 Å². The maximum atomic E-state index is 11.6. The fraction of sp³-hybridized carbons (Fsp3) is 0.444. The first-order valence-corrected chi connectivity index (χ1v) is 11.9. The Bertz CT molecular complexity index is 995. The average molecular weight is 456 g/mol. The van der Waals surface area contributed by atoms with Crippen molar-refractivity contribution >= 4 is 39.2 Å². The highest BCUT2D eigenvalue weighted by Crippen LogP contribution is 2.39. The predicted octanol–water partition coefficient (Wildman–Crippen LogP) is 1.87. The molecule has 0 aliphatic carbocycles. The van der Waals surface area contributed by atoms with Crippen LogP contribution in [0.1, 0.15) is 12.8 Å². The zero-order valence-electron chi connectivity index (χ0n) is 15.6. The fourth-order valence-corrected chi connectivity index (χ4v) is 5.84. The Labute approximate surface area is 179 Å². The van der Waals surface area contributed by atoms with Gasteiger partial charge in [0.05, 0.1) is 30.6 Å². The van der Waals surface area contributed by atoms with Crippen LogP contribution in [0.3, 0.4) is 0 Å². The molecule has 2 aromatic rings. The summed E-state index contributed by atoms with van der Waals surface area (Å²) in [5, 5.41) is 5.90. The van der Waals surface area contributed by atoms with Crippen molar-refractivity contribution in [3.8, 4) is 0 Å². The number of ether oxygens (including phenoxy) is 1. The van der Waals surface area contributed by atoms with E-state index in [9.17, 15) is 8.42 Å². The molecule has 1 aromatic carbocycles.